The number of halogens is 4. The zero-order valence-electron chi connectivity index (χ0n) is 5.15. The van der Waals surface area contributed by atoms with Crippen molar-refractivity contribution in [1.82, 2.24) is 0 Å². The fraction of sp³-hybridized carbons (Fsp3) is 0.600. The molecule has 1 heterocycles. The SMILES string of the molecule is O=C1N=C(Cl)C(Cl)(Cl)CC1Cl. The largest absolute Gasteiger partial charge is 0.271 e. The van der Waals surface area contributed by atoms with Gasteiger partial charge >= 0.3 is 0 Å². The van der Waals surface area contributed by atoms with Gasteiger partial charge in [-0.15, -0.1) is 11.6 Å². The molecule has 1 aliphatic heterocycles. The van der Waals surface area contributed by atoms with Crippen molar-refractivity contribution >= 4 is 57.5 Å². The third-order valence-electron chi connectivity index (χ3n) is 1.21. The Balaban J connectivity index is 2.95. The lowest BCUT2D eigenvalue weighted by Crippen LogP contribution is -2.34. The first-order valence-corrected chi connectivity index (χ1v) is 4.31. The second-order valence-electron chi connectivity index (χ2n) is 2.12. The molecule has 1 atom stereocenters. The molecule has 62 valence electrons. The van der Waals surface area contributed by atoms with Gasteiger partial charge in [-0.05, 0) is 0 Å². The molecule has 1 aliphatic rings. The van der Waals surface area contributed by atoms with Gasteiger partial charge in [0.2, 0.25) is 0 Å². The molecular weight excluding hydrogens is 232 g/mol. The van der Waals surface area contributed by atoms with Gasteiger partial charge in [-0.3, -0.25) is 4.79 Å². The number of amides is 1. The van der Waals surface area contributed by atoms with E-state index in [2.05, 4.69) is 4.99 Å². The third kappa shape index (κ3) is 2.00. The maximum absolute atomic E-state index is 10.8. The fourth-order valence-electron chi connectivity index (χ4n) is 0.645. The number of nitrogens with zero attached hydrogens (tertiary/aromatic N) is 1. The van der Waals surface area contributed by atoms with E-state index in [1.54, 1.807) is 0 Å². The van der Waals surface area contributed by atoms with Gasteiger partial charge in [0.15, 0.2) is 4.33 Å². The monoisotopic (exact) mass is 233 g/mol. The highest BCUT2D eigenvalue weighted by molar-refractivity contribution is 6.80. The van der Waals surface area contributed by atoms with E-state index in [1.165, 1.54) is 0 Å². The molecule has 2 nitrogen and oxygen atoms in total. The fourth-order valence-corrected chi connectivity index (χ4v) is 1.64. The first kappa shape index (κ1) is 9.59. The summed E-state index contributed by atoms with van der Waals surface area (Å²) in [5, 5.41) is -0.879. The Bertz CT molecular complexity index is 225. The van der Waals surface area contributed by atoms with E-state index in [1.807, 2.05) is 0 Å². The number of aliphatic imine (C=N–C) groups is 1. The summed E-state index contributed by atoms with van der Waals surface area (Å²) in [5.41, 5.74) is 0. The van der Waals surface area contributed by atoms with Crippen LogP contribution in [0.25, 0.3) is 0 Å². The highest BCUT2D eigenvalue weighted by Crippen LogP contribution is 2.35. The highest BCUT2D eigenvalue weighted by atomic mass is 35.5. The minimum atomic E-state index is -1.30. The molecule has 0 saturated carbocycles. The van der Waals surface area contributed by atoms with E-state index in [9.17, 15) is 4.79 Å². The molecule has 1 unspecified atom stereocenters. The topological polar surface area (TPSA) is 29.4 Å². The summed E-state index contributed by atoms with van der Waals surface area (Å²) in [5.74, 6) is -0.492. The van der Waals surface area contributed by atoms with Crippen LogP contribution in [0, 0.1) is 0 Å². The van der Waals surface area contributed by atoms with Gasteiger partial charge in [0.05, 0.1) is 0 Å². The molecular formula is C5H3Cl4NO. The number of rotatable bonds is 0. The smallest absolute Gasteiger partial charge is 0.265 e. The molecule has 0 aromatic rings. The molecule has 0 N–H and O–H groups in total. The molecule has 0 radical (unpaired) electrons. The maximum atomic E-state index is 10.8. The van der Waals surface area contributed by atoms with Gasteiger partial charge in [-0.2, -0.15) is 0 Å². The lowest BCUT2D eigenvalue weighted by atomic mass is 10.2. The van der Waals surface area contributed by atoms with E-state index in [4.69, 9.17) is 46.4 Å². The third-order valence-corrected chi connectivity index (χ3v) is 2.82. The summed E-state index contributed by atoms with van der Waals surface area (Å²) in [6.07, 6.45) is 0.0961. The predicted molar refractivity (Wildman–Crippen MR) is 47.0 cm³/mol. The van der Waals surface area contributed by atoms with Crippen LogP contribution in [0.3, 0.4) is 0 Å². The van der Waals surface area contributed by atoms with Crippen molar-refractivity contribution in [2.75, 3.05) is 0 Å². The second-order valence-corrected chi connectivity index (χ2v) is 4.49. The van der Waals surface area contributed by atoms with Crippen molar-refractivity contribution in [1.29, 1.82) is 0 Å². The maximum Gasteiger partial charge on any atom is 0.265 e. The van der Waals surface area contributed by atoms with Crippen molar-refractivity contribution in [3.8, 4) is 0 Å². The lowest BCUT2D eigenvalue weighted by molar-refractivity contribution is -0.117. The van der Waals surface area contributed by atoms with Gasteiger partial charge in [0.25, 0.3) is 5.91 Å². The normalized spacial score (nSPS) is 30.0. The van der Waals surface area contributed by atoms with Crippen molar-refractivity contribution in [3.63, 3.8) is 0 Å². The standard InChI is InChI=1S/C5H3Cl4NO/c6-2-1-5(8,9)4(7)10-3(2)11/h2H,1H2. The van der Waals surface area contributed by atoms with Gasteiger partial charge < -0.3 is 0 Å². The van der Waals surface area contributed by atoms with Crippen LogP contribution in [0.15, 0.2) is 4.99 Å². The van der Waals surface area contributed by atoms with E-state index in [0.717, 1.165) is 0 Å². The van der Waals surface area contributed by atoms with Gasteiger partial charge in [-0.25, -0.2) is 4.99 Å². The van der Waals surface area contributed by atoms with Crippen LogP contribution in [-0.4, -0.2) is 20.8 Å². The number of carbonyl (C=O) groups is 1. The number of carbonyl (C=O) groups excluding carboxylic acids is 1. The van der Waals surface area contributed by atoms with Crippen LogP contribution in [-0.2, 0) is 4.79 Å². The van der Waals surface area contributed by atoms with Gasteiger partial charge in [-0.1, -0.05) is 34.8 Å². The van der Waals surface area contributed by atoms with Gasteiger partial charge in [0, 0.05) is 6.42 Å². The Morgan fingerprint density at radius 3 is 2.55 bits per heavy atom. The molecule has 0 spiro atoms. The lowest BCUT2D eigenvalue weighted by Gasteiger charge is -2.23. The number of alkyl halides is 3. The Morgan fingerprint density at radius 1 is 1.55 bits per heavy atom. The van der Waals surface area contributed by atoms with E-state index in [0.29, 0.717) is 0 Å². The Morgan fingerprint density at radius 2 is 2.09 bits per heavy atom. The Labute approximate surface area is 83.5 Å². The zero-order chi connectivity index (χ0) is 8.65. The van der Waals surface area contributed by atoms with Crippen LogP contribution >= 0.6 is 46.4 Å². The number of hydrogen-bond donors (Lipinski definition) is 0. The van der Waals surface area contributed by atoms with Crippen LogP contribution in [0.2, 0.25) is 0 Å². The minimum Gasteiger partial charge on any atom is -0.271 e. The first-order chi connectivity index (χ1) is 4.93. The van der Waals surface area contributed by atoms with Crippen LogP contribution < -0.4 is 0 Å². The molecule has 0 aromatic carbocycles. The molecule has 0 fully saturated rings. The van der Waals surface area contributed by atoms with Crippen LogP contribution in [0.5, 0.6) is 0 Å². The van der Waals surface area contributed by atoms with E-state index in [-0.39, 0.29) is 11.6 Å². The van der Waals surface area contributed by atoms with Crippen LogP contribution in [0.4, 0.5) is 0 Å². The highest BCUT2D eigenvalue weighted by Gasteiger charge is 2.39. The van der Waals surface area contributed by atoms with Gasteiger partial charge in [0.1, 0.15) is 10.5 Å². The van der Waals surface area contributed by atoms with Crippen molar-refractivity contribution in [2.45, 2.75) is 16.1 Å². The van der Waals surface area contributed by atoms with Crippen molar-refractivity contribution < 1.29 is 4.79 Å². The van der Waals surface area contributed by atoms with E-state index >= 15 is 0 Å². The first-order valence-electron chi connectivity index (χ1n) is 2.74. The molecule has 0 aromatic heterocycles. The molecule has 11 heavy (non-hydrogen) atoms. The van der Waals surface area contributed by atoms with Crippen LogP contribution in [0.1, 0.15) is 6.42 Å². The molecule has 0 aliphatic carbocycles. The summed E-state index contributed by atoms with van der Waals surface area (Å²) in [6, 6.07) is 0. The van der Waals surface area contributed by atoms with E-state index < -0.39 is 15.6 Å². The Hall–Kier alpha value is 0.500. The average molecular weight is 235 g/mol. The molecule has 6 heteroatoms. The molecule has 0 saturated heterocycles. The zero-order valence-corrected chi connectivity index (χ0v) is 8.18. The molecule has 0 bridgehead atoms. The minimum absolute atomic E-state index is 0.0961. The molecule has 1 rings (SSSR count). The average Bonchev–Trinajstić information content (AvgIpc) is 1.83. The second kappa shape index (κ2) is 3.09. The van der Waals surface area contributed by atoms with Crippen molar-refractivity contribution in [3.05, 3.63) is 0 Å². The Kier molecular flexibility index (Phi) is 2.70. The molecule has 1 amide bonds. The summed E-state index contributed by atoms with van der Waals surface area (Å²) in [6.45, 7) is 0. The summed E-state index contributed by atoms with van der Waals surface area (Å²) in [4.78, 5) is 14.1. The quantitative estimate of drug-likeness (QED) is 0.592. The van der Waals surface area contributed by atoms with Crippen molar-refractivity contribution in [2.24, 2.45) is 4.99 Å². The number of hydrogen-bond acceptors (Lipinski definition) is 1. The summed E-state index contributed by atoms with van der Waals surface area (Å²) in [7, 11) is 0. The predicted octanol–water partition coefficient (Wildman–Crippen LogP) is 2.34. The summed E-state index contributed by atoms with van der Waals surface area (Å²) < 4.78 is -1.30. The summed E-state index contributed by atoms with van der Waals surface area (Å²) >= 11 is 22.3.